The highest BCUT2D eigenvalue weighted by molar-refractivity contribution is 5.89. The average Bonchev–Trinajstić information content (AvgIpc) is 3.11. The van der Waals surface area contributed by atoms with E-state index in [2.05, 4.69) is 37.3 Å². The van der Waals surface area contributed by atoms with Crippen molar-refractivity contribution in [2.45, 2.75) is 6.42 Å². The number of hydrogen-bond acceptors (Lipinski definition) is 7. The summed E-state index contributed by atoms with van der Waals surface area (Å²) in [7, 11) is 2.14. The van der Waals surface area contributed by atoms with Gasteiger partial charge in [0.05, 0.1) is 0 Å². The molecule has 1 fully saturated rings. The third-order valence-corrected chi connectivity index (χ3v) is 4.09. The van der Waals surface area contributed by atoms with Gasteiger partial charge in [-0.25, -0.2) is 0 Å². The van der Waals surface area contributed by atoms with Crippen molar-refractivity contribution in [2.75, 3.05) is 46.3 Å². The number of pyridine rings is 1. The van der Waals surface area contributed by atoms with E-state index in [0.717, 1.165) is 44.7 Å². The second-order valence-corrected chi connectivity index (χ2v) is 5.91. The van der Waals surface area contributed by atoms with Gasteiger partial charge in [-0.05, 0) is 32.1 Å². The fourth-order valence-electron chi connectivity index (χ4n) is 2.59. The summed E-state index contributed by atoms with van der Waals surface area (Å²) in [5, 5.41) is 6.66. The molecule has 0 bridgehead atoms. The minimum atomic E-state index is -0.332. The van der Waals surface area contributed by atoms with Crippen LogP contribution in [-0.4, -0.2) is 77.1 Å². The number of likely N-dealkylation sites (N-methyl/N-ethyl adjacent to an activating group) is 1. The van der Waals surface area contributed by atoms with Crippen molar-refractivity contribution in [3.63, 3.8) is 0 Å². The topological polar surface area (TPSA) is 87.4 Å². The lowest BCUT2D eigenvalue weighted by molar-refractivity contribution is 0.0906. The van der Waals surface area contributed by atoms with E-state index in [9.17, 15) is 4.79 Å². The zero-order chi connectivity index (χ0) is 16.8. The number of rotatable bonds is 6. The Bertz CT molecular complexity index is 652. The average molecular weight is 330 g/mol. The second-order valence-electron chi connectivity index (χ2n) is 5.91. The number of amides is 1. The zero-order valence-corrected chi connectivity index (χ0v) is 13.8. The number of aromatic nitrogens is 3. The smallest absolute Gasteiger partial charge is 0.316 e. The summed E-state index contributed by atoms with van der Waals surface area (Å²) in [4.78, 5) is 24.8. The molecular formula is C16H22N6O2. The van der Waals surface area contributed by atoms with E-state index in [-0.39, 0.29) is 11.8 Å². The first-order chi connectivity index (χ1) is 11.7. The Morgan fingerprint density at radius 2 is 2.00 bits per heavy atom. The highest BCUT2D eigenvalue weighted by Gasteiger charge is 2.16. The van der Waals surface area contributed by atoms with E-state index in [1.807, 2.05) is 0 Å². The van der Waals surface area contributed by atoms with Crippen molar-refractivity contribution in [3.05, 3.63) is 30.4 Å². The van der Waals surface area contributed by atoms with Gasteiger partial charge in [0.1, 0.15) is 0 Å². The molecule has 0 unspecified atom stereocenters. The maximum atomic E-state index is 12.0. The summed E-state index contributed by atoms with van der Waals surface area (Å²) in [5.41, 5.74) is 0.767. The molecule has 2 aromatic heterocycles. The van der Waals surface area contributed by atoms with Crippen LogP contribution in [0.15, 0.2) is 29.0 Å². The fourth-order valence-corrected chi connectivity index (χ4v) is 2.59. The second kappa shape index (κ2) is 7.98. The third-order valence-electron chi connectivity index (χ3n) is 4.09. The molecule has 24 heavy (non-hydrogen) atoms. The monoisotopic (exact) mass is 330 g/mol. The maximum absolute atomic E-state index is 12.0. The predicted molar refractivity (Wildman–Crippen MR) is 88.4 cm³/mol. The lowest BCUT2D eigenvalue weighted by Gasteiger charge is -2.32. The molecule has 3 heterocycles. The molecule has 0 saturated carbocycles. The van der Waals surface area contributed by atoms with Crippen LogP contribution in [0.2, 0.25) is 0 Å². The maximum Gasteiger partial charge on any atom is 0.316 e. The largest absolute Gasteiger partial charge is 0.348 e. The number of carbonyl (C=O) groups is 1. The van der Waals surface area contributed by atoms with Crippen LogP contribution in [-0.2, 0) is 0 Å². The summed E-state index contributed by atoms with van der Waals surface area (Å²) < 4.78 is 5.03. The summed E-state index contributed by atoms with van der Waals surface area (Å²) in [5.74, 6) is 0.0441. The lowest BCUT2D eigenvalue weighted by Crippen LogP contribution is -2.45. The normalized spacial score (nSPS) is 16.2. The molecule has 1 aliphatic rings. The molecule has 2 aromatic rings. The summed E-state index contributed by atoms with van der Waals surface area (Å²) in [6.45, 7) is 5.96. The molecule has 1 N–H and O–H groups in total. The van der Waals surface area contributed by atoms with Crippen molar-refractivity contribution < 1.29 is 9.32 Å². The first kappa shape index (κ1) is 16.5. The minimum absolute atomic E-state index is 0.0126. The van der Waals surface area contributed by atoms with E-state index in [1.54, 1.807) is 24.5 Å². The van der Waals surface area contributed by atoms with Crippen molar-refractivity contribution >= 4 is 5.91 Å². The predicted octanol–water partition coefficient (Wildman–Crippen LogP) is 0.499. The molecule has 0 aromatic carbocycles. The molecule has 0 spiro atoms. The van der Waals surface area contributed by atoms with Crippen molar-refractivity contribution in [3.8, 4) is 11.4 Å². The van der Waals surface area contributed by atoms with Crippen LogP contribution in [0.1, 0.15) is 17.1 Å². The molecular weight excluding hydrogens is 308 g/mol. The first-order valence-corrected chi connectivity index (χ1v) is 8.15. The van der Waals surface area contributed by atoms with Crippen LogP contribution < -0.4 is 5.32 Å². The Morgan fingerprint density at radius 1 is 1.25 bits per heavy atom. The Labute approximate surface area is 140 Å². The molecule has 0 aliphatic carbocycles. The van der Waals surface area contributed by atoms with Crippen LogP contribution in [0, 0.1) is 0 Å². The van der Waals surface area contributed by atoms with E-state index >= 15 is 0 Å². The van der Waals surface area contributed by atoms with Gasteiger partial charge in [-0.15, -0.1) is 0 Å². The number of hydrogen-bond donors (Lipinski definition) is 1. The summed E-state index contributed by atoms with van der Waals surface area (Å²) in [6, 6.07) is 3.53. The highest BCUT2D eigenvalue weighted by atomic mass is 16.5. The molecule has 128 valence electrons. The lowest BCUT2D eigenvalue weighted by atomic mass is 10.2. The number of carbonyl (C=O) groups excluding carboxylic acids is 1. The van der Waals surface area contributed by atoms with Crippen LogP contribution in [0.3, 0.4) is 0 Å². The van der Waals surface area contributed by atoms with Gasteiger partial charge in [0.25, 0.3) is 0 Å². The number of nitrogens with one attached hydrogen (secondary N) is 1. The van der Waals surface area contributed by atoms with Crippen molar-refractivity contribution in [1.29, 1.82) is 0 Å². The quantitative estimate of drug-likeness (QED) is 0.772. The van der Waals surface area contributed by atoms with E-state index in [4.69, 9.17) is 4.52 Å². The van der Waals surface area contributed by atoms with Crippen LogP contribution in [0.5, 0.6) is 0 Å². The zero-order valence-electron chi connectivity index (χ0n) is 13.8. The Kier molecular flexibility index (Phi) is 5.50. The SMILES string of the molecule is CN1CCN(CCCNC(=O)c2nc(-c3ccncc3)no2)CC1. The Morgan fingerprint density at radius 3 is 2.75 bits per heavy atom. The summed E-state index contributed by atoms with van der Waals surface area (Å²) >= 11 is 0. The Hall–Kier alpha value is -2.32. The fraction of sp³-hybridized carbons (Fsp3) is 0.500. The summed E-state index contributed by atoms with van der Waals surface area (Å²) in [6.07, 6.45) is 4.19. The molecule has 3 rings (SSSR count). The minimum Gasteiger partial charge on any atom is -0.348 e. The molecule has 0 radical (unpaired) electrons. The van der Waals surface area contributed by atoms with E-state index in [1.165, 1.54) is 0 Å². The van der Waals surface area contributed by atoms with Crippen LogP contribution >= 0.6 is 0 Å². The van der Waals surface area contributed by atoms with E-state index < -0.39 is 0 Å². The number of piperazine rings is 1. The number of nitrogens with zero attached hydrogens (tertiary/aromatic N) is 5. The molecule has 1 saturated heterocycles. The first-order valence-electron chi connectivity index (χ1n) is 8.15. The van der Waals surface area contributed by atoms with Crippen LogP contribution in [0.4, 0.5) is 0 Å². The molecule has 1 amide bonds. The van der Waals surface area contributed by atoms with Gasteiger partial charge < -0.3 is 19.6 Å². The van der Waals surface area contributed by atoms with Crippen molar-refractivity contribution in [2.24, 2.45) is 0 Å². The molecule has 8 heteroatoms. The van der Waals surface area contributed by atoms with Crippen LogP contribution in [0.25, 0.3) is 11.4 Å². The highest BCUT2D eigenvalue weighted by Crippen LogP contribution is 2.13. The van der Waals surface area contributed by atoms with Gasteiger partial charge in [0, 0.05) is 50.7 Å². The van der Waals surface area contributed by atoms with Crippen molar-refractivity contribution in [1.82, 2.24) is 30.2 Å². The van der Waals surface area contributed by atoms with Gasteiger partial charge in [-0.2, -0.15) is 4.98 Å². The van der Waals surface area contributed by atoms with Gasteiger partial charge in [-0.3, -0.25) is 9.78 Å². The Balaban J connectivity index is 1.42. The third kappa shape index (κ3) is 4.36. The molecule has 8 nitrogen and oxygen atoms in total. The van der Waals surface area contributed by atoms with Gasteiger partial charge in [-0.1, -0.05) is 5.16 Å². The standard InChI is InChI=1S/C16H22N6O2/c1-21-9-11-22(12-10-21)8-2-5-18-15(23)16-19-14(20-24-16)13-3-6-17-7-4-13/h3-4,6-7H,2,5,8-12H2,1H3,(H,18,23). The van der Waals surface area contributed by atoms with Gasteiger partial charge in [0.15, 0.2) is 0 Å². The molecule has 0 atom stereocenters. The van der Waals surface area contributed by atoms with E-state index in [0.29, 0.717) is 12.4 Å². The van der Waals surface area contributed by atoms with Gasteiger partial charge >= 0.3 is 11.8 Å². The molecule has 1 aliphatic heterocycles. The van der Waals surface area contributed by atoms with Gasteiger partial charge in [0.2, 0.25) is 5.82 Å².